The summed E-state index contributed by atoms with van der Waals surface area (Å²) in [6, 6.07) is 9.42. The molecule has 6 heteroatoms. The Morgan fingerprint density at radius 3 is 2.77 bits per heavy atom. The highest BCUT2D eigenvalue weighted by molar-refractivity contribution is 6.33. The molecule has 3 N–H and O–H groups in total. The maximum Gasteiger partial charge on any atom is 0.225 e. The van der Waals surface area contributed by atoms with Gasteiger partial charge < -0.3 is 15.7 Å². The molecule has 1 fully saturated rings. The third-order valence-electron chi connectivity index (χ3n) is 3.53. The number of hydrogen-bond acceptors (Lipinski definition) is 5. The van der Waals surface area contributed by atoms with Gasteiger partial charge in [0.05, 0.1) is 23.0 Å². The van der Waals surface area contributed by atoms with Gasteiger partial charge in [-0.05, 0) is 31.9 Å². The minimum absolute atomic E-state index is 0.0320. The highest BCUT2D eigenvalue weighted by atomic mass is 35.5. The van der Waals surface area contributed by atoms with Gasteiger partial charge in [-0.25, -0.2) is 4.98 Å². The van der Waals surface area contributed by atoms with E-state index in [0.29, 0.717) is 22.7 Å². The van der Waals surface area contributed by atoms with Crippen molar-refractivity contribution in [3.8, 4) is 0 Å². The lowest BCUT2D eigenvalue weighted by atomic mass is 10.2. The molecule has 3 rings (SSSR count). The van der Waals surface area contributed by atoms with E-state index >= 15 is 0 Å². The first-order valence-electron chi connectivity index (χ1n) is 7.43. The van der Waals surface area contributed by atoms with Gasteiger partial charge in [0.1, 0.15) is 5.82 Å². The van der Waals surface area contributed by atoms with Crippen LogP contribution in [0.3, 0.4) is 0 Å². The zero-order valence-corrected chi connectivity index (χ0v) is 13.1. The Balaban J connectivity index is 1.87. The topological polar surface area (TPSA) is 70.1 Å². The average Bonchev–Trinajstić information content (AvgIpc) is 3.34. The van der Waals surface area contributed by atoms with E-state index in [2.05, 4.69) is 20.6 Å². The number of benzene rings is 1. The van der Waals surface area contributed by atoms with E-state index in [4.69, 9.17) is 11.6 Å². The molecule has 22 heavy (non-hydrogen) atoms. The van der Waals surface area contributed by atoms with E-state index < -0.39 is 0 Å². The van der Waals surface area contributed by atoms with Gasteiger partial charge in [-0.15, -0.1) is 0 Å². The van der Waals surface area contributed by atoms with Crippen molar-refractivity contribution in [1.29, 1.82) is 0 Å². The summed E-state index contributed by atoms with van der Waals surface area (Å²) in [5.41, 5.74) is 1.84. The van der Waals surface area contributed by atoms with E-state index in [0.717, 1.165) is 24.2 Å². The van der Waals surface area contributed by atoms with Crippen molar-refractivity contribution in [3.63, 3.8) is 0 Å². The van der Waals surface area contributed by atoms with Gasteiger partial charge in [-0.1, -0.05) is 23.7 Å². The number of nitrogens with zero attached hydrogens (tertiary/aromatic N) is 2. The first kappa shape index (κ1) is 15.1. The highest BCUT2D eigenvalue weighted by Gasteiger charge is 2.26. The van der Waals surface area contributed by atoms with Crippen molar-refractivity contribution in [2.75, 3.05) is 17.2 Å². The molecule has 0 radical (unpaired) electrons. The van der Waals surface area contributed by atoms with Gasteiger partial charge in [-0.2, -0.15) is 4.98 Å². The smallest absolute Gasteiger partial charge is 0.225 e. The number of rotatable bonds is 6. The number of anilines is 3. The summed E-state index contributed by atoms with van der Waals surface area (Å²) < 4.78 is 0. The Morgan fingerprint density at radius 2 is 2.09 bits per heavy atom. The SMILES string of the molecule is C[C@H](CO)Nc1nc(Nc2ccccc2Cl)cc(C2CC2)n1. The number of para-hydroxylation sites is 1. The summed E-state index contributed by atoms with van der Waals surface area (Å²) in [4.78, 5) is 9.01. The van der Waals surface area contributed by atoms with Crippen LogP contribution in [-0.2, 0) is 0 Å². The van der Waals surface area contributed by atoms with Crippen molar-refractivity contribution in [2.24, 2.45) is 0 Å². The molecule has 1 saturated carbocycles. The maximum absolute atomic E-state index is 9.18. The fourth-order valence-corrected chi connectivity index (χ4v) is 2.33. The van der Waals surface area contributed by atoms with Crippen molar-refractivity contribution in [1.82, 2.24) is 9.97 Å². The molecule has 1 atom stereocenters. The fourth-order valence-electron chi connectivity index (χ4n) is 2.15. The maximum atomic E-state index is 9.18. The van der Waals surface area contributed by atoms with Crippen molar-refractivity contribution < 1.29 is 5.11 Å². The lowest BCUT2D eigenvalue weighted by Gasteiger charge is -2.14. The molecule has 1 aromatic carbocycles. The van der Waals surface area contributed by atoms with Gasteiger partial charge >= 0.3 is 0 Å². The van der Waals surface area contributed by atoms with Gasteiger partial charge in [-0.3, -0.25) is 0 Å². The number of nitrogens with one attached hydrogen (secondary N) is 2. The molecule has 0 unspecified atom stereocenters. The van der Waals surface area contributed by atoms with Crippen LogP contribution < -0.4 is 10.6 Å². The molecule has 1 heterocycles. The molecule has 0 saturated heterocycles. The molecule has 0 aliphatic heterocycles. The number of aliphatic hydroxyl groups excluding tert-OH is 1. The summed E-state index contributed by atoms with van der Waals surface area (Å²) in [5.74, 6) is 1.75. The van der Waals surface area contributed by atoms with Gasteiger partial charge in [0.25, 0.3) is 0 Å². The minimum Gasteiger partial charge on any atom is -0.394 e. The standard InChI is InChI=1S/C16H19ClN4O/c1-10(9-22)18-16-20-14(11-6-7-11)8-15(21-16)19-13-5-3-2-4-12(13)17/h2-5,8,10-11,22H,6-7,9H2,1H3,(H2,18,19,20,21)/t10-/m1/s1. The van der Waals surface area contributed by atoms with Crippen molar-refractivity contribution in [2.45, 2.75) is 31.7 Å². The van der Waals surface area contributed by atoms with Crippen LogP contribution in [-0.4, -0.2) is 27.7 Å². The molecule has 1 aromatic heterocycles. The van der Waals surface area contributed by atoms with Crippen LogP contribution in [0.2, 0.25) is 5.02 Å². The number of hydrogen-bond donors (Lipinski definition) is 3. The van der Waals surface area contributed by atoms with Crippen LogP contribution in [0.15, 0.2) is 30.3 Å². The normalized spacial score (nSPS) is 15.4. The Bertz CT molecular complexity index is 660. The molecule has 2 aromatic rings. The summed E-state index contributed by atoms with van der Waals surface area (Å²) in [6.07, 6.45) is 2.33. The number of halogens is 1. The predicted octanol–water partition coefficient (Wildman–Crippen LogP) is 3.54. The van der Waals surface area contributed by atoms with E-state index in [1.54, 1.807) is 0 Å². The van der Waals surface area contributed by atoms with Crippen LogP contribution in [0.5, 0.6) is 0 Å². The molecule has 0 bridgehead atoms. The van der Waals surface area contributed by atoms with E-state index in [9.17, 15) is 5.11 Å². The Kier molecular flexibility index (Phi) is 4.45. The molecule has 1 aliphatic rings. The largest absolute Gasteiger partial charge is 0.394 e. The van der Waals surface area contributed by atoms with Crippen molar-refractivity contribution in [3.05, 3.63) is 41.0 Å². The predicted molar refractivity (Wildman–Crippen MR) is 88.9 cm³/mol. The fraction of sp³-hybridized carbons (Fsp3) is 0.375. The summed E-state index contributed by atoms with van der Waals surface area (Å²) in [5, 5.41) is 16.2. The molecular formula is C16H19ClN4O. The third-order valence-corrected chi connectivity index (χ3v) is 3.86. The Hall–Kier alpha value is -1.85. The number of aliphatic hydroxyl groups is 1. The lowest BCUT2D eigenvalue weighted by Crippen LogP contribution is -2.21. The Labute approximate surface area is 134 Å². The van der Waals surface area contributed by atoms with Gasteiger partial charge in [0.2, 0.25) is 5.95 Å². The lowest BCUT2D eigenvalue weighted by molar-refractivity contribution is 0.281. The number of aromatic nitrogens is 2. The molecule has 1 aliphatic carbocycles. The molecular weight excluding hydrogens is 300 g/mol. The van der Waals surface area contributed by atoms with Gasteiger partial charge in [0.15, 0.2) is 0 Å². The second-order valence-corrected chi connectivity index (χ2v) is 6.02. The third kappa shape index (κ3) is 3.67. The first-order valence-corrected chi connectivity index (χ1v) is 7.81. The average molecular weight is 319 g/mol. The molecule has 0 spiro atoms. The van der Waals surface area contributed by atoms with Crippen LogP contribution in [0.25, 0.3) is 0 Å². The van der Waals surface area contributed by atoms with E-state index in [-0.39, 0.29) is 12.6 Å². The van der Waals surface area contributed by atoms with Crippen molar-refractivity contribution >= 4 is 29.1 Å². The second kappa shape index (κ2) is 6.50. The summed E-state index contributed by atoms with van der Waals surface area (Å²) in [7, 11) is 0. The molecule has 5 nitrogen and oxygen atoms in total. The Morgan fingerprint density at radius 1 is 1.32 bits per heavy atom. The van der Waals surface area contributed by atoms with Crippen LogP contribution in [0, 0.1) is 0 Å². The zero-order chi connectivity index (χ0) is 15.5. The first-order chi connectivity index (χ1) is 10.7. The molecule has 116 valence electrons. The monoisotopic (exact) mass is 318 g/mol. The quantitative estimate of drug-likeness (QED) is 0.760. The molecule has 0 amide bonds. The minimum atomic E-state index is -0.0948. The van der Waals surface area contributed by atoms with Crippen LogP contribution in [0.4, 0.5) is 17.5 Å². The van der Waals surface area contributed by atoms with E-state index in [1.165, 1.54) is 0 Å². The summed E-state index contributed by atoms with van der Waals surface area (Å²) in [6.45, 7) is 1.92. The van der Waals surface area contributed by atoms with Crippen LogP contribution in [0.1, 0.15) is 31.4 Å². The summed E-state index contributed by atoms with van der Waals surface area (Å²) >= 11 is 6.18. The van der Waals surface area contributed by atoms with Gasteiger partial charge in [0, 0.05) is 18.0 Å². The second-order valence-electron chi connectivity index (χ2n) is 5.61. The van der Waals surface area contributed by atoms with Crippen LogP contribution >= 0.6 is 11.6 Å². The highest BCUT2D eigenvalue weighted by Crippen LogP contribution is 2.40. The zero-order valence-electron chi connectivity index (χ0n) is 12.4. The van der Waals surface area contributed by atoms with E-state index in [1.807, 2.05) is 37.3 Å².